The first-order valence-electron chi connectivity index (χ1n) is 7.44. The van der Waals surface area contributed by atoms with E-state index >= 15 is 0 Å². The van der Waals surface area contributed by atoms with Crippen LogP contribution in [-0.2, 0) is 6.42 Å². The third kappa shape index (κ3) is 5.68. The van der Waals surface area contributed by atoms with Crippen LogP contribution in [0.5, 0.6) is 0 Å². The Balaban J connectivity index is 2.59. The molecule has 1 heteroatoms. The molecule has 0 aliphatic carbocycles. The van der Waals surface area contributed by atoms with Gasteiger partial charge in [0.05, 0.1) is 0 Å². The molecule has 0 bridgehead atoms. The fraction of sp³-hybridized carbons (Fsp3) is 0.647. The van der Waals surface area contributed by atoms with Crippen LogP contribution in [0.25, 0.3) is 0 Å². The summed E-state index contributed by atoms with van der Waals surface area (Å²) in [6.45, 7) is 10.2. The Labute approximate surface area is 113 Å². The van der Waals surface area contributed by atoms with Crippen molar-refractivity contribution in [2.24, 2.45) is 5.92 Å². The zero-order valence-electron chi connectivity index (χ0n) is 12.5. The maximum absolute atomic E-state index is 3.70. The smallest absolute Gasteiger partial charge is 0.0110 e. The van der Waals surface area contributed by atoms with E-state index in [0.717, 1.165) is 18.9 Å². The van der Waals surface area contributed by atoms with Crippen molar-refractivity contribution in [1.29, 1.82) is 0 Å². The number of benzene rings is 1. The lowest BCUT2D eigenvalue weighted by Crippen LogP contribution is -2.33. The molecule has 0 aliphatic heterocycles. The summed E-state index contributed by atoms with van der Waals surface area (Å²) >= 11 is 0. The lowest BCUT2D eigenvalue weighted by molar-refractivity contribution is 0.391. The van der Waals surface area contributed by atoms with Crippen molar-refractivity contribution in [3.05, 3.63) is 35.4 Å². The van der Waals surface area contributed by atoms with E-state index in [1.165, 1.54) is 30.4 Å². The van der Waals surface area contributed by atoms with Gasteiger partial charge in [-0.2, -0.15) is 0 Å². The van der Waals surface area contributed by atoms with Crippen LogP contribution in [0, 0.1) is 12.8 Å². The van der Waals surface area contributed by atoms with Crippen LogP contribution in [0.15, 0.2) is 24.3 Å². The lowest BCUT2D eigenvalue weighted by atomic mass is 9.94. The highest BCUT2D eigenvalue weighted by atomic mass is 14.9. The van der Waals surface area contributed by atoms with E-state index in [4.69, 9.17) is 0 Å². The molecule has 2 unspecified atom stereocenters. The van der Waals surface area contributed by atoms with Crippen LogP contribution < -0.4 is 5.32 Å². The van der Waals surface area contributed by atoms with E-state index in [9.17, 15) is 0 Å². The molecule has 2 atom stereocenters. The van der Waals surface area contributed by atoms with Crippen molar-refractivity contribution in [3.8, 4) is 0 Å². The molecule has 0 saturated carbocycles. The van der Waals surface area contributed by atoms with Crippen LogP contribution in [0.1, 0.15) is 51.2 Å². The largest absolute Gasteiger partial charge is 0.314 e. The van der Waals surface area contributed by atoms with Gasteiger partial charge in [-0.3, -0.25) is 0 Å². The summed E-state index contributed by atoms with van der Waals surface area (Å²) in [6.07, 6.45) is 4.93. The van der Waals surface area contributed by atoms with Crippen molar-refractivity contribution in [3.63, 3.8) is 0 Å². The fourth-order valence-electron chi connectivity index (χ4n) is 2.36. The standard InChI is InChI=1S/C17H29N/c1-5-10-18-17(12-14(3)6-2)13-16-9-7-8-15(4)11-16/h7-9,11,14,17-18H,5-6,10,12-13H2,1-4H3. The van der Waals surface area contributed by atoms with Gasteiger partial charge < -0.3 is 5.32 Å². The molecule has 1 rings (SSSR count). The van der Waals surface area contributed by atoms with E-state index < -0.39 is 0 Å². The maximum atomic E-state index is 3.70. The van der Waals surface area contributed by atoms with Gasteiger partial charge in [-0.05, 0) is 44.2 Å². The average molecular weight is 247 g/mol. The van der Waals surface area contributed by atoms with Gasteiger partial charge in [0.15, 0.2) is 0 Å². The zero-order chi connectivity index (χ0) is 13.4. The molecule has 18 heavy (non-hydrogen) atoms. The van der Waals surface area contributed by atoms with Gasteiger partial charge in [0, 0.05) is 6.04 Å². The van der Waals surface area contributed by atoms with Crippen molar-refractivity contribution >= 4 is 0 Å². The molecule has 0 aliphatic rings. The molecule has 1 aromatic carbocycles. The number of rotatable bonds is 8. The first-order chi connectivity index (χ1) is 8.65. The van der Waals surface area contributed by atoms with Gasteiger partial charge in [-0.25, -0.2) is 0 Å². The van der Waals surface area contributed by atoms with Crippen LogP contribution in [0.4, 0.5) is 0 Å². The summed E-state index contributed by atoms with van der Waals surface area (Å²) in [5.41, 5.74) is 2.83. The number of nitrogens with one attached hydrogen (secondary N) is 1. The summed E-state index contributed by atoms with van der Waals surface area (Å²) in [5, 5.41) is 3.70. The highest BCUT2D eigenvalue weighted by Gasteiger charge is 2.12. The first kappa shape index (κ1) is 15.2. The molecular weight excluding hydrogens is 218 g/mol. The second-order valence-corrected chi connectivity index (χ2v) is 5.59. The Morgan fingerprint density at radius 2 is 2.00 bits per heavy atom. The van der Waals surface area contributed by atoms with E-state index in [-0.39, 0.29) is 0 Å². The normalized spacial score (nSPS) is 14.4. The highest BCUT2D eigenvalue weighted by Crippen LogP contribution is 2.15. The summed E-state index contributed by atoms with van der Waals surface area (Å²) in [7, 11) is 0. The topological polar surface area (TPSA) is 12.0 Å². The lowest BCUT2D eigenvalue weighted by Gasteiger charge is -2.22. The van der Waals surface area contributed by atoms with Crippen molar-refractivity contribution in [2.75, 3.05) is 6.54 Å². The molecule has 0 fully saturated rings. The predicted octanol–water partition coefficient (Wildman–Crippen LogP) is 4.34. The predicted molar refractivity (Wildman–Crippen MR) is 81.0 cm³/mol. The minimum atomic E-state index is 0.627. The highest BCUT2D eigenvalue weighted by molar-refractivity contribution is 5.23. The molecule has 0 spiro atoms. The Kier molecular flexibility index (Phi) is 7.04. The molecule has 1 aromatic rings. The zero-order valence-corrected chi connectivity index (χ0v) is 12.5. The minimum Gasteiger partial charge on any atom is -0.314 e. The van der Waals surface area contributed by atoms with Crippen LogP contribution >= 0.6 is 0 Å². The Bertz CT molecular complexity index is 332. The number of hydrogen-bond acceptors (Lipinski definition) is 1. The van der Waals surface area contributed by atoms with E-state index in [2.05, 4.69) is 57.3 Å². The second kappa shape index (κ2) is 8.31. The third-order valence-corrected chi connectivity index (χ3v) is 3.63. The van der Waals surface area contributed by atoms with E-state index in [1.807, 2.05) is 0 Å². The fourth-order valence-corrected chi connectivity index (χ4v) is 2.36. The van der Waals surface area contributed by atoms with Gasteiger partial charge in [-0.15, -0.1) is 0 Å². The number of hydrogen-bond donors (Lipinski definition) is 1. The van der Waals surface area contributed by atoms with Crippen molar-refractivity contribution in [2.45, 2.75) is 59.4 Å². The monoisotopic (exact) mass is 247 g/mol. The minimum absolute atomic E-state index is 0.627. The van der Waals surface area contributed by atoms with E-state index in [1.54, 1.807) is 0 Å². The summed E-state index contributed by atoms with van der Waals surface area (Å²) in [4.78, 5) is 0. The molecule has 0 radical (unpaired) electrons. The van der Waals surface area contributed by atoms with Crippen LogP contribution in [0.3, 0.4) is 0 Å². The second-order valence-electron chi connectivity index (χ2n) is 5.59. The quantitative estimate of drug-likeness (QED) is 0.720. The van der Waals surface area contributed by atoms with Gasteiger partial charge >= 0.3 is 0 Å². The summed E-state index contributed by atoms with van der Waals surface area (Å²) in [5.74, 6) is 0.809. The van der Waals surface area contributed by atoms with Gasteiger partial charge in [-0.1, -0.05) is 57.0 Å². The van der Waals surface area contributed by atoms with Crippen molar-refractivity contribution < 1.29 is 0 Å². The Hall–Kier alpha value is -0.820. The molecule has 102 valence electrons. The third-order valence-electron chi connectivity index (χ3n) is 3.63. The Morgan fingerprint density at radius 3 is 2.61 bits per heavy atom. The average Bonchev–Trinajstić information content (AvgIpc) is 2.35. The molecule has 0 saturated heterocycles. The molecule has 0 aromatic heterocycles. The SMILES string of the molecule is CCCNC(Cc1cccc(C)c1)CC(C)CC. The molecule has 1 nitrogen and oxygen atoms in total. The van der Waals surface area contributed by atoms with Gasteiger partial charge in [0.1, 0.15) is 0 Å². The van der Waals surface area contributed by atoms with E-state index in [0.29, 0.717) is 6.04 Å². The summed E-state index contributed by atoms with van der Waals surface area (Å²) < 4.78 is 0. The molecular formula is C17H29N. The molecule has 0 heterocycles. The molecule has 0 amide bonds. The van der Waals surface area contributed by atoms with Crippen molar-refractivity contribution in [1.82, 2.24) is 5.32 Å². The molecule has 1 N–H and O–H groups in total. The van der Waals surface area contributed by atoms with Gasteiger partial charge in [0.25, 0.3) is 0 Å². The first-order valence-corrected chi connectivity index (χ1v) is 7.44. The van der Waals surface area contributed by atoms with Crippen LogP contribution in [0.2, 0.25) is 0 Å². The Morgan fingerprint density at radius 1 is 1.22 bits per heavy atom. The summed E-state index contributed by atoms with van der Waals surface area (Å²) in [6, 6.07) is 9.54. The number of aryl methyl sites for hydroxylation is 1. The van der Waals surface area contributed by atoms with Gasteiger partial charge in [0.2, 0.25) is 0 Å². The maximum Gasteiger partial charge on any atom is 0.0110 e. The van der Waals surface area contributed by atoms with Crippen LogP contribution in [-0.4, -0.2) is 12.6 Å².